The van der Waals surface area contributed by atoms with Gasteiger partial charge in [-0.2, -0.15) is 0 Å². The standard InChI is InChI=1S/C12H24N2.ClH/c1-14(11-6-3-2-4-7-11)12-8-5-9-13-10-12;/h11-13H,2-10H2,1H3;1H. The number of nitrogens with zero attached hydrogens (tertiary/aromatic N) is 1. The van der Waals surface area contributed by atoms with Crippen molar-refractivity contribution in [3.05, 3.63) is 0 Å². The van der Waals surface area contributed by atoms with E-state index in [0.29, 0.717) is 0 Å². The zero-order valence-corrected chi connectivity index (χ0v) is 10.7. The summed E-state index contributed by atoms with van der Waals surface area (Å²) in [7, 11) is 2.34. The van der Waals surface area contributed by atoms with Gasteiger partial charge in [-0.25, -0.2) is 0 Å². The van der Waals surface area contributed by atoms with Gasteiger partial charge >= 0.3 is 0 Å². The van der Waals surface area contributed by atoms with Crippen molar-refractivity contribution in [2.24, 2.45) is 0 Å². The molecule has 2 aliphatic rings. The SMILES string of the molecule is CN(C1CCCCC1)C1CCCNC1.Cl. The molecule has 2 nitrogen and oxygen atoms in total. The zero-order chi connectivity index (χ0) is 9.80. The molecule has 1 aliphatic carbocycles. The van der Waals surface area contributed by atoms with Crippen molar-refractivity contribution in [2.75, 3.05) is 20.1 Å². The third-order valence-electron chi connectivity index (χ3n) is 4.00. The van der Waals surface area contributed by atoms with Crippen LogP contribution >= 0.6 is 12.4 Å². The van der Waals surface area contributed by atoms with Crippen molar-refractivity contribution in [1.29, 1.82) is 0 Å². The van der Waals surface area contributed by atoms with Gasteiger partial charge in [0.05, 0.1) is 0 Å². The van der Waals surface area contributed by atoms with Crippen LogP contribution in [0.5, 0.6) is 0 Å². The van der Waals surface area contributed by atoms with E-state index in [2.05, 4.69) is 17.3 Å². The Labute approximate surface area is 100 Å². The van der Waals surface area contributed by atoms with Gasteiger partial charge in [0.25, 0.3) is 0 Å². The van der Waals surface area contributed by atoms with Gasteiger partial charge < -0.3 is 5.32 Å². The van der Waals surface area contributed by atoms with Crippen LogP contribution < -0.4 is 5.32 Å². The molecule has 2 fully saturated rings. The second-order valence-electron chi connectivity index (χ2n) is 4.96. The van der Waals surface area contributed by atoms with Crippen molar-refractivity contribution in [3.8, 4) is 0 Å². The lowest BCUT2D eigenvalue weighted by Gasteiger charge is -2.39. The molecular formula is C12H25ClN2. The molecule has 90 valence electrons. The molecule has 1 atom stereocenters. The lowest BCUT2D eigenvalue weighted by molar-refractivity contribution is 0.118. The zero-order valence-electron chi connectivity index (χ0n) is 9.87. The second kappa shape index (κ2) is 6.72. The van der Waals surface area contributed by atoms with Gasteiger partial charge in [-0.3, -0.25) is 4.90 Å². The Morgan fingerprint density at radius 1 is 0.933 bits per heavy atom. The topological polar surface area (TPSA) is 15.3 Å². The summed E-state index contributed by atoms with van der Waals surface area (Å²) < 4.78 is 0. The minimum Gasteiger partial charge on any atom is -0.315 e. The predicted molar refractivity (Wildman–Crippen MR) is 67.8 cm³/mol. The molecule has 0 bridgehead atoms. The maximum absolute atomic E-state index is 3.51. The normalized spacial score (nSPS) is 28.8. The summed E-state index contributed by atoms with van der Waals surface area (Å²) in [6.45, 7) is 2.45. The number of nitrogens with one attached hydrogen (secondary N) is 1. The third-order valence-corrected chi connectivity index (χ3v) is 4.00. The van der Waals surface area contributed by atoms with Crippen molar-refractivity contribution in [1.82, 2.24) is 10.2 Å². The van der Waals surface area contributed by atoms with Gasteiger partial charge in [-0.15, -0.1) is 12.4 Å². The van der Waals surface area contributed by atoms with E-state index in [1.807, 2.05) is 0 Å². The highest BCUT2D eigenvalue weighted by Gasteiger charge is 2.25. The van der Waals surface area contributed by atoms with Crippen molar-refractivity contribution in [2.45, 2.75) is 57.0 Å². The summed E-state index contributed by atoms with van der Waals surface area (Å²) in [5, 5.41) is 3.51. The largest absolute Gasteiger partial charge is 0.315 e. The molecular weight excluding hydrogens is 208 g/mol. The molecule has 0 aromatic heterocycles. The summed E-state index contributed by atoms with van der Waals surface area (Å²) in [5.74, 6) is 0. The molecule has 1 saturated carbocycles. The van der Waals surface area contributed by atoms with E-state index in [1.165, 1.54) is 58.0 Å². The monoisotopic (exact) mass is 232 g/mol. The Morgan fingerprint density at radius 2 is 1.60 bits per heavy atom. The Balaban J connectivity index is 0.00000112. The maximum atomic E-state index is 3.51. The van der Waals surface area contributed by atoms with Crippen molar-refractivity contribution < 1.29 is 0 Å². The van der Waals surface area contributed by atoms with E-state index >= 15 is 0 Å². The fraction of sp³-hybridized carbons (Fsp3) is 1.00. The van der Waals surface area contributed by atoms with E-state index in [-0.39, 0.29) is 12.4 Å². The van der Waals surface area contributed by atoms with Crippen molar-refractivity contribution >= 4 is 12.4 Å². The van der Waals surface area contributed by atoms with Gasteiger partial charge in [0, 0.05) is 18.6 Å². The second-order valence-corrected chi connectivity index (χ2v) is 4.96. The Morgan fingerprint density at radius 3 is 2.20 bits per heavy atom. The first kappa shape index (κ1) is 13.3. The van der Waals surface area contributed by atoms with Crippen LogP contribution in [0.4, 0.5) is 0 Å². The highest BCUT2D eigenvalue weighted by Crippen LogP contribution is 2.24. The minimum absolute atomic E-state index is 0. The highest BCUT2D eigenvalue weighted by atomic mass is 35.5. The Hall–Kier alpha value is 0.210. The first-order chi connectivity index (χ1) is 6.88. The van der Waals surface area contributed by atoms with Gasteiger partial charge in [-0.05, 0) is 39.3 Å². The summed E-state index contributed by atoms with van der Waals surface area (Å²) >= 11 is 0. The lowest BCUT2D eigenvalue weighted by atomic mass is 9.92. The van der Waals surface area contributed by atoms with E-state index in [4.69, 9.17) is 0 Å². The van der Waals surface area contributed by atoms with Gasteiger partial charge in [0.15, 0.2) is 0 Å². The van der Waals surface area contributed by atoms with Gasteiger partial charge in [0.2, 0.25) is 0 Å². The highest BCUT2D eigenvalue weighted by molar-refractivity contribution is 5.85. The first-order valence-corrected chi connectivity index (χ1v) is 6.30. The van der Waals surface area contributed by atoms with Crippen LogP contribution in [-0.4, -0.2) is 37.1 Å². The van der Waals surface area contributed by atoms with Crippen LogP contribution in [0, 0.1) is 0 Å². The molecule has 1 saturated heterocycles. The third kappa shape index (κ3) is 3.61. The Kier molecular flexibility index (Phi) is 5.95. The number of likely N-dealkylation sites (N-methyl/N-ethyl adjacent to an activating group) is 1. The molecule has 15 heavy (non-hydrogen) atoms. The van der Waals surface area contributed by atoms with E-state index in [1.54, 1.807) is 0 Å². The van der Waals surface area contributed by atoms with E-state index in [9.17, 15) is 0 Å². The average molecular weight is 233 g/mol. The van der Waals surface area contributed by atoms with Crippen LogP contribution in [0.1, 0.15) is 44.9 Å². The van der Waals surface area contributed by atoms with E-state index in [0.717, 1.165) is 12.1 Å². The number of rotatable bonds is 2. The molecule has 0 aromatic carbocycles. The number of halogens is 1. The quantitative estimate of drug-likeness (QED) is 0.787. The first-order valence-electron chi connectivity index (χ1n) is 6.30. The fourth-order valence-corrected chi connectivity index (χ4v) is 2.97. The van der Waals surface area contributed by atoms with Crippen LogP contribution in [0.15, 0.2) is 0 Å². The molecule has 1 aliphatic heterocycles. The predicted octanol–water partition coefficient (Wildman–Crippen LogP) is 2.42. The molecule has 3 heteroatoms. The summed E-state index contributed by atoms with van der Waals surface area (Å²) in [5.41, 5.74) is 0. The van der Waals surface area contributed by atoms with Gasteiger partial charge in [-0.1, -0.05) is 19.3 Å². The molecule has 0 amide bonds. The number of piperidine rings is 1. The number of hydrogen-bond donors (Lipinski definition) is 1. The lowest BCUT2D eigenvalue weighted by Crippen LogP contribution is -2.48. The number of hydrogen-bond acceptors (Lipinski definition) is 2. The Bertz CT molecular complexity index is 145. The molecule has 0 radical (unpaired) electrons. The van der Waals surface area contributed by atoms with Crippen LogP contribution in [-0.2, 0) is 0 Å². The minimum atomic E-state index is 0. The molecule has 0 spiro atoms. The van der Waals surface area contributed by atoms with E-state index < -0.39 is 0 Å². The van der Waals surface area contributed by atoms with Crippen LogP contribution in [0.3, 0.4) is 0 Å². The summed E-state index contributed by atoms with van der Waals surface area (Å²) in [6.07, 6.45) is 10.0. The van der Waals surface area contributed by atoms with Crippen LogP contribution in [0.2, 0.25) is 0 Å². The molecule has 2 rings (SSSR count). The van der Waals surface area contributed by atoms with Crippen LogP contribution in [0.25, 0.3) is 0 Å². The molecule has 1 heterocycles. The summed E-state index contributed by atoms with van der Waals surface area (Å²) in [4.78, 5) is 2.66. The fourth-order valence-electron chi connectivity index (χ4n) is 2.97. The molecule has 1 unspecified atom stereocenters. The maximum Gasteiger partial charge on any atom is 0.0220 e. The average Bonchev–Trinajstić information content (AvgIpc) is 2.30. The van der Waals surface area contributed by atoms with Crippen molar-refractivity contribution in [3.63, 3.8) is 0 Å². The smallest absolute Gasteiger partial charge is 0.0220 e. The molecule has 1 N–H and O–H groups in total. The molecule has 0 aromatic rings. The van der Waals surface area contributed by atoms with Gasteiger partial charge in [0.1, 0.15) is 0 Å². The summed E-state index contributed by atoms with van der Waals surface area (Å²) in [6, 6.07) is 1.69.